The number of nitrogens with zero attached hydrogens (tertiary/aromatic N) is 4. The molecule has 0 radical (unpaired) electrons. The second-order valence-electron chi connectivity index (χ2n) is 6.87. The van der Waals surface area contributed by atoms with E-state index in [1.54, 1.807) is 16.0 Å². The molecule has 6 nitrogen and oxygen atoms in total. The maximum Gasteiger partial charge on any atom is 0.293 e. The lowest BCUT2D eigenvalue weighted by atomic mass is 10.0. The fourth-order valence-corrected chi connectivity index (χ4v) is 4.58. The molecule has 8 heteroatoms. The maximum atomic E-state index is 13.0. The van der Waals surface area contributed by atoms with Crippen molar-refractivity contribution in [1.82, 2.24) is 25.0 Å². The molecule has 3 aromatic rings. The van der Waals surface area contributed by atoms with Crippen LogP contribution in [-0.2, 0) is 0 Å². The fourth-order valence-electron chi connectivity index (χ4n) is 3.88. The van der Waals surface area contributed by atoms with Crippen LogP contribution < -0.4 is 5.32 Å². The van der Waals surface area contributed by atoms with Gasteiger partial charge in [-0.05, 0) is 35.4 Å². The van der Waals surface area contributed by atoms with Crippen LogP contribution in [0, 0.1) is 11.8 Å². The van der Waals surface area contributed by atoms with Crippen LogP contribution in [0.25, 0.3) is 16.4 Å². The van der Waals surface area contributed by atoms with E-state index in [9.17, 15) is 4.79 Å². The van der Waals surface area contributed by atoms with Crippen molar-refractivity contribution in [2.24, 2.45) is 11.8 Å². The molecule has 27 heavy (non-hydrogen) atoms. The van der Waals surface area contributed by atoms with Gasteiger partial charge in [-0.25, -0.2) is 9.67 Å². The van der Waals surface area contributed by atoms with E-state index in [4.69, 9.17) is 0 Å². The second kappa shape index (κ2) is 7.42. The number of carbonyl (C=O) groups excluding carboxylic acids is 1. The SMILES string of the molecule is Cl.O=C(c1nc(-c2cccs2)n(-c2ccccc2)n1)N1C[C@H]2CNC[C@H]2C1. The molecule has 1 amide bonds. The van der Waals surface area contributed by atoms with Gasteiger partial charge in [-0.3, -0.25) is 4.79 Å². The molecule has 1 aromatic carbocycles. The Kier molecular flexibility index (Phi) is 4.99. The molecule has 5 rings (SSSR count). The number of hydrogen-bond acceptors (Lipinski definition) is 5. The van der Waals surface area contributed by atoms with Gasteiger partial charge in [0, 0.05) is 26.2 Å². The zero-order valence-corrected chi connectivity index (χ0v) is 16.2. The van der Waals surface area contributed by atoms with Crippen molar-refractivity contribution in [3.63, 3.8) is 0 Å². The smallest absolute Gasteiger partial charge is 0.293 e. The van der Waals surface area contributed by atoms with Crippen LogP contribution in [0.2, 0.25) is 0 Å². The first-order valence-corrected chi connectivity index (χ1v) is 9.74. The van der Waals surface area contributed by atoms with Crippen LogP contribution in [0.1, 0.15) is 10.6 Å². The van der Waals surface area contributed by atoms with Crippen molar-refractivity contribution >= 4 is 29.7 Å². The average Bonchev–Trinajstić information content (AvgIpc) is 3.44. The van der Waals surface area contributed by atoms with Crippen molar-refractivity contribution in [3.05, 3.63) is 53.7 Å². The van der Waals surface area contributed by atoms with Gasteiger partial charge in [0.15, 0.2) is 5.82 Å². The number of benzene rings is 1. The van der Waals surface area contributed by atoms with Gasteiger partial charge in [-0.15, -0.1) is 28.8 Å². The molecule has 2 atom stereocenters. The number of likely N-dealkylation sites (tertiary alicyclic amines) is 1. The van der Waals surface area contributed by atoms with E-state index in [1.807, 2.05) is 52.7 Å². The van der Waals surface area contributed by atoms with E-state index in [1.165, 1.54) is 0 Å². The Morgan fingerprint density at radius 3 is 2.48 bits per heavy atom. The normalized spacial score (nSPS) is 21.1. The number of fused-ring (bicyclic) bond motifs is 1. The number of nitrogens with one attached hydrogen (secondary N) is 1. The van der Waals surface area contributed by atoms with E-state index in [2.05, 4.69) is 15.4 Å². The van der Waals surface area contributed by atoms with E-state index in [0.29, 0.717) is 11.8 Å². The number of para-hydroxylation sites is 1. The van der Waals surface area contributed by atoms with Gasteiger partial charge in [0.25, 0.3) is 5.91 Å². The molecule has 4 heterocycles. The third-order valence-corrected chi connectivity index (χ3v) is 6.08. The first kappa shape index (κ1) is 18.2. The predicted molar refractivity (Wildman–Crippen MR) is 108 cm³/mol. The summed E-state index contributed by atoms with van der Waals surface area (Å²) in [4.78, 5) is 20.6. The molecule has 0 bridgehead atoms. The highest BCUT2D eigenvalue weighted by Gasteiger charge is 2.39. The number of hydrogen-bond donors (Lipinski definition) is 1. The Morgan fingerprint density at radius 2 is 1.81 bits per heavy atom. The third-order valence-electron chi connectivity index (χ3n) is 5.22. The van der Waals surface area contributed by atoms with Crippen molar-refractivity contribution in [2.45, 2.75) is 0 Å². The van der Waals surface area contributed by atoms with Crippen LogP contribution in [0.3, 0.4) is 0 Å². The topological polar surface area (TPSA) is 63.1 Å². The first-order chi connectivity index (χ1) is 12.8. The fraction of sp³-hybridized carbons (Fsp3) is 0.316. The summed E-state index contributed by atoms with van der Waals surface area (Å²) in [5.74, 6) is 2.06. The van der Waals surface area contributed by atoms with Gasteiger partial charge in [0.1, 0.15) is 0 Å². The zero-order chi connectivity index (χ0) is 17.5. The minimum absolute atomic E-state index is 0. The molecule has 140 valence electrons. The summed E-state index contributed by atoms with van der Waals surface area (Å²) in [6, 6.07) is 13.8. The quantitative estimate of drug-likeness (QED) is 0.733. The Morgan fingerprint density at radius 1 is 1.07 bits per heavy atom. The third kappa shape index (κ3) is 3.26. The Hall–Kier alpha value is -2.22. The molecular formula is C19H20ClN5OS. The zero-order valence-electron chi connectivity index (χ0n) is 14.6. The number of thiophene rings is 1. The Labute approximate surface area is 167 Å². The van der Waals surface area contributed by atoms with Crippen molar-refractivity contribution in [1.29, 1.82) is 0 Å². The second-order valence-corrected chi connectivity index (χ2v) is 7.82. The minimum Gasteiger partial charge on any atom is -0.335 e. The van der Waals surface area contributed by atoms with Crippen molar-refractivity contribution in [3.8, 4) is 16.4 Å². The van der Waals surface area contributed by atoms with Gasteiger partial charge in [0.05, 0.1) is 10.6 Å². The lowest BCUT2D eigenvalue weighted by Gasteiger charge is -2.15. The van der Waals surface area contributed by atoms with Crippen molar-refractivity contribution in [2.75, 3.05) is 26.2 Å². The summed E-state index contributed by atoms with van der Waals surface area (Å²) in [6.07, 6.45) is 0. The van der Waals surface area contributed by atoms with Crippen molar-refractivity contribution < 1.29 is 4.79 Å². The standard InChI is InChI=1S/C19H19N5OS.ClH/c25-19(23-11-13-9-20-10-14(13)12-23)17-21-18(16-7-4-8-26-16)24(22-17)15-5-2-1-3-6-15;/h1-8,13-14,20H,9-12H2;1H/t13-,14+;. The molecule has 0 spiro atoms. The molecule has 1 N–H and O–H groups in total. The van der Waals surface area contributed by atoms with E-state index < -0.39 is 0 Å². The van der Waals surface area contributed by atoms with Crippen LogP contribution >= 0.6 is 23.7 Å². The monoisotopic (exact) mass is 401 g/mol. The van der Waals surface area contributed by atoms with Gasteiger partial charge in [0.2, 0.25) is 5.82 Å². The maximum absolute atomic E-state index is 13.0. The number of rotatable bonds is 3. The molecule has 0 unspecified atom stereocenters. The molecule has 0 saturated carbocycles. The number of aromatic nitrogens is 3. The Balaban J connectivity index is 0.00000180. The molecule has 2 saturated heterocycles. The van der Waals surface area contributed by atoms with Gasteiger partial charge in [-0.1, -0.05) is 24.3 Å². The first-order valence-electron chi connectivity index (χ1n) is 8.86. The predicted octanol–water partition coefficient (Wildman–Crippen LogP) is 2.71. The van der Waals surface area contributed by atoms with Gasteiger partial charge < -0.3 is 10.2 Å². The van der Waals surface area contributed by atoms with E-state index >= 15 is 0 Å². The number of amides is 1. The van der Waals surface area contributed by atoms with Crippen LogP contribution in [-0.4, -0.2) is 51.8 Å². The average molecular weight is 402 g/mol. The number of halogens is 1. The molecule has 2 fully saturated rings. The van der Waals surface area contributed by atoms with Gasteiger partial charge >= 0.3 is 0 Å². The lowest BCUT2D eigenvalue weighted by molar-refractivity contribution is 0.0769. The molecule has 2 aliphatic heterocycles. The summed E-state index contributed by atoms with van der Waals surface area (Å²) >= 11 is 1.60. The summed E-state index contributed by atoms with van der Waals surface area (Å²) in [5, 5.41) is 9.99. The minimum atomic E-state index is -0.0631. The molecule has 0 aliphatic carbocycles. The largest absolute Gasteiger partial charge is 0.335 e. The molecule has 2 aliphatic rings. The van der Waals surface area contributed by atoms with Crippen LogP contribution in [0.4, 0.5) is 0 Å². The van der Waals surface area contributed by atoms with E-state index in [-0.39, 0.29) is 24.1 Å². The summed E-state index contributed by atoms with van der Waals surface area (Å²) < 4.78 is 1.78. The van der Waals surface area contributed by atoms with Crippen LogP contribution in [0.5, 0.6) is 0 Å². The summed E-state index contributed by atoms with van der Waals surface area (Å²) in [7, 11) is 0. The molecular weight excluding hydrogens is 382 g/mol. The highest BCUT2D eigenvalue weighted by atomic mass is 35.5. The lowest BCUT2D eigenvalue weighted by Crippen LogP contribution is -2.32. The van der Waals surface area contributed by atoms with Crippen LogP contribution in [0.15, 0.2) is 47.8 Å². The number of carbonyl (C=O) groups is 1. The highest BCUT2D eigenvalue weighted by molar-refractivity contribution is 7.13. The molecule has 2 aromatic heterocycles. The summed E-state index contributed by atoms with van der Waals surface area (Å²) in [5.41, 5.74) is 0.907. The van der Waals surface area contributed by atoms with E-state index in [0.717, 1.165) is 42.6 Å². The van der Waals surface area contributed by atoms with Gasteiger partial charge in [-0.2, -0.15) is 0 Å². The highest BCUT2D eigenvalue weighted by Crippen LogP contribution is 2.29. The summed E-state index contributed by atoms with van der Waals surface area (Å²) in [6.45, 7) is 3.59. The Bertz CT molecular complexity index is 915.